The first-order valence-corrected chi connectivity index (χ1v) is 11.8. The monoisotopic (exact) mass is 410 g/mol. The summed E-state index contributed by atoms with van der Waals surface area (Å²) in [5.41, 5.74) is 16.3. The largest absolute Gasteiger partial charge is 0.216 e. The Balaban J connectivity index is 1.96. The first-order chi connectivity index (χ1) is 14.5. The maximum atomic E-state index is 2.54. The molecular weight excluding hydrogens is 374 g/mol. The second-order valence-corrected chi connectivity index (χ2v) is 11.2. The molecule has 0 aliphatic heterocycles. The zero-order valence-corrected chi connectivity index (χ0v) is 20.7. The van der Waals surface area contributed by atoms with Gasteiger partial charge in [0.05, 0.1) is 5.56 Å². The highest BCUT2D eigenvalue weighted by Gasteiger charge is 2.52. The van der Waals surface area contributed by atoms with Gasteiger partial charge < -0.3 is 0 Å². The lowest BCUT2D eigenvalue weighted by Gasteiger charge is -2.48. The lowest BCUT2D eigenvalue weighted by Crippen LogP contribution is -2.49. The van der Waals surface area contributed by atoms with E-state index in [2.05, 4.69) is 104 Å². The Hall–Kier alpha value is -2.41. The van der Waals surface area contributed by atoms with Crippen LogP contribution >= 0.6 is 0 Å². The first-order valence-electron chi connectivity index (χ1n) is 11.8. The van der Waals surface area contributed by atoms with E-state index in [0.717, 1.165) is 6.42 Å². The molecule has 2 aliphatic rings. The van der Waals surface area contributed by atoms with Gasteiger partial charge >= 0.3 is 0 Å². The van der Waals surface area contributed by atoms with Gasteiger partial charge in [0.1, 0.15) is 7.05 Å². The summed E-state index contributed by atoms with van der Waals surface area (Å²) in [6.07, 6.45) is 3.41. The Labute approximate surface area is 188 Å². The normalized spacial score (nSPS) is 17.2. The van der Waals surface area contributed by atoms with E-state index in [4.69, 9.17) is 0 Å². The van der Waals surface area contributed by atoms with Crippen molar-refractivity contribution >= 4 is 0 Å². The highest BCUT2D eigenvalue weighted by Crippen LogP contribution is 2.57. The molecule has 0 saturated heterocycles. The molecule has 3 aromatic rings. The molecule has 2 aromatic carbocycles. The topological polar surface area (TPSA) is 3.88 Å². The summed E-state index contributed by atoms with van der Waals surface area (Å²) < 4.78 is 2.41. The van der Waals surface area contributed by atoms with Crippen molar-refractivity contribution in [1.29, 1.82) is 0 Å². The van der Waals surface area contributed by atoms with Gasteiger partial charge in [0, 0.05) is 16.5 Å². The van der Waals surface area contributed by atoms with E-state index in [9.17, 15) is 0 Å². The molecule has 2 aliphatic carbocycles. The van der Waals surface area contributed by atoms with Gasteiger partial charge in [0.25, 0.3) is 0 Å². The van der Waals surface area contributed by atoms with Crippen molar-refractivity contribution in [2.24, 2.45) is 7.05 Å². The number of pyridine rings is 1. The fraction of sp³-hybridized carbons (Fsp3) is 0.433. The molecule has 1 heteroatoms. The van der Waals surface area contributed by atoms with Gasteiger partial charge in [0.2, 0.25) is 5.69 Å². The highest BCUT2D eigenvalue weighted by molar-refractivity contribution is 5.87. The zero-order valence-electron chi connectivity index (χ0n) is 20.7. The van der Waals surface area contributed by atoms with Gasteiger partial charge in [-0.3, -0.25) is 0 Å². The number of aryl methyl sites for hydroxylation is 2. The van der Waals surface area contributed by atoms with Crippen LogP contribution in [0, 0.1) is 13.8 Å². The second-order valence-electron chi connectivity index (χ2n) is 11.2. The summed E-state index contributed by atoms with van der Waals surface area (Å²) in [4.78, 5) is 0. The van der Waals surface area contributed by atoms with Crippen molar-refractivity contribution < 1.29 is 4.57 Å². The number of aromatic nitrogens is 1. The van der Waals surface area contributed by atoms with E-state index in [0.29, 0.717) is 5.92 Å². The van der Waals surface area contributed by atoms with Crippen molar-refractivity contribution in [1.82, 2.24) is 0 Å². The van der Waals surface area contributed by atoms with Gasteiger partial charge in [-0.1, -0.05) is 65.8 Å². The average molecular weight is 411 g/mol. The van der Waals surface area contributed by atoms with E-state index in [1.807, 2.05) is 0 Å². The third-order valence-electron chi connectivity index (χ3n) is 8.73. The molecule has 31 heavy (non-hydrogen) atoms. The molecular formula is C30H36N+. The summed E-state index contributed by atoms with van der Waals surface area (Å²) >= 11 is 0. The maximum absolute atomic E-state index is 2.54. The SMILES string of the molecule is Cc1c[n+](C)c2c(c1C(C)C)C(C)(C)C(C)(C)c1cc3c(c(C)c1-2)Cc1ccccc1-3. The molecule has 0 fully saturated rings. The Kier molecular flexibility index (Phi) is 4.17. The molecule has 0 spiro atoms. The van der Waals surface area contributed by atoms with Crippen molar-refractivity contribution in [3.63, 3.8) is 0 Å². The van der Waals surface area contributed by atoms with E-state index in [-0.39, 0.29) is 10.8 Å². The van der Waals surface area contributed by atoms with Crippen LogP contribution in [0.3, 0.4) is 0 Å². The van der Waals surface area contributed by atoms with E-state index >= 15 is 0 Å². The first kappa shape index (κ1) is 20.5. The number of nitrogens with zero attached hydrogens (tertiary/aromatic N) is 1. The Bertz CT molecular complexity index is 1250. The quantitative estimate of drug-likeness (QED) is 0.296. The molecule has 0 radical (unpaired) electrons. The molecule has 5 rings (SSSR count). The van der Waals surface area contributed by atoms with Crippen LogP contribution in [0.1, 0.15) is 86.4 Å². The highest BCUT2D eigenvalue weighted by atomic mass is 14.9. The van der Waals surface area contributed by atoms with Crippen molar-refractivity contribution in [3.8, 4) is 22.4 Å². The van der Waals surface area contributed by atoms with E-state index in [1.165, 1.54) is 50.2 Å². The van der Waals surface area contributed by atoms with Gasteiger partial charge in [-0.2, -0.15) is 0 Å². The number of benzene rings is 2. The van der Waals surface area contributed by atoms with Crippen LogP contribution in [0.4, 0.5) is 0 Å². The van der Waals surface area contributed by atoms with Crippen molar-refractivity contribution in [3.05, 3.63) is 75.5 Å². The molecule has 0 atom stereocenters. The minimum Gasteiger partial charge on any atom is -0.200 e. The number of fused-ring (bicyclic) bond motifs is 6. The summed E-state index contributed by atoms with van der Waals surface area (Å²) in [7, 11) is 2.25. The molecule has 0 unspecified atom stereocenters. The van der Waals surface area contributed by atoms with Gasteiger partial charge in [-0.25, -0.2) is 4.57 Å². The van der Waals surface area contributed by atoms with Gasteiger partial charge in [0.15, 0.2) is 6.20 Å². The predicted octanol–water partition coefficient (Wildman–Crippen LogP) is 7.06. The Morgan fingerprint density at radius 2 is 1.61 bits per heavy atom. The second kappa shape index (κ2) is 6.31. The van der Waals surface area contributed by atoms with Gasteiger partial charge in [-0.05, 0) is 76.6 Å². The molecule has 0 N–H and O–H groups in total. The predicted molar refractivity (Wildman–Crippen MR) is 131 cm³/mol. The van der Waals surface area contributed by atoms with Crippen LogP contribution in [-0.2, 0) is 24.3 Å². The lowest BCUT2D eigenvalue weighted by atomic mass is 9.54. The summed E-state index contributed by atoms with van der Waals surface area (Å²) in [5.74, 6) is 0.505. The summed E-state index contributed by atoms with van der Waals surface area (Å²) in [6, 6.07) is 11.5. The fourth-order valence-electron chi connectivity index (χ4n) is 6.51. The van der Waals surface area contributed by atoms with Crippen LogP contribution in [-0.4, -0.2) is 0 Å². The fourth-order valence-corrected chi connectivity index (χ4v) is 6.51. The molecule has 1 aromatic heterocycles. The summed E-state index contributed by atoms with van der Waals surface area (Å²) in [5, 5.41) is 0. The van der Waals surface area contributed by atoms with Crippen LogP contribution in [0.5, 0.6) is 0 Å². The molecule has 0 saturated carbocycles. The van der Waals surface area contributed by atoms with Crippen LogP contribution < -0.4 is 4.57 Å². The molecule has 160 valence electrons. The molecule has 0 bridgehead atoms. The van der Waals surface area contributed by atoms with Crippen LogP contribution in [0.2, 0.25) is 0 Å². The smallest absolute Gasteiger partial charge is 0.200 e. The van der Waals surface area contributed by atoms with E-state index < -0.39 is 0 Å². The molecule has 1 heterocycles. The minimum absolute atomic E-state index is 0.0249. The lowest BCUT2D eigenvalue weighted by molar-refractivity contribution is -0.661. The van der Waals surface area contributed by atoms with Gasteiger partial charge in [-0.15, -0.1) is 0 Å². The Morgan fingerprint density at radius 3 is 2.29 bits per heavy atom. The maximum Gasteiger partial charge on any atom is 0.216 e. The number of hydrogen-bond acceptors (Lipinski definition) is 0. The standard InChI is InChI=1S/C30H36N/c1-17(2)25-18(3)16-31(9)28-26-19(4)22-14-20-12-10-11-13-21(20)23(22)15-24(26)29(5,6)30(7,8)27(25)28/h10-13,15-17H,14H2,1-9H3/q+1. The van der Waals surface area contributed by atoms with Crippen molar-refractivity contribution in [2.75, 3.05) is 0 Å². The van der Waals surface area contributed by atoms with E-state index in [1.54, 1.807) is 11.1 Å². The Morgan fingerprint density at radius 1 is 0.935 bits per heavy atom. The van der Waals surface area contributed by atoms with Crippen LogP contribution in [0.15, 0.2) is 36.5 Å². The number of rotatable bonds is 1. The third-order valence-corrected chi connectivity index (χ3v) is 8.73. The number of hydrogen-bond donors (Lipinski definition) is 0. The van der Waals surface area contributed by atoms with Crippen molar-refractivity contribution in [2.45, 2.75) is 78.6 Å². The minimum atomic E-state index is 0.0249. The zero-order chi connectivity index (χ0) is 22.5. The molecule has 1 nitrogen and oxygen atoms in total. The van der Waals surface area contributed by atoms with Crippen LogP contribution in [0.25, 0.3) is 22.4 Å². The average Bonchev–Trinajstić information content (AvgIpc) is 3.06. The molecule has 0 amide bonds. The third kappa shape index (κ3) is 2.47. The summed E-state index contributed by atoms with van der Waals surface area (Å²) in [6.45, 7) is 19.2.